The Labute approximate surface area is 134 Å². The smallest absolute Gasteiger partial charge is 0.352 e. The first kappa shape index (κ1) is 15.1. The zero-order valence-electron chi connectivity index (χ0n) is 13.0. The minimum Gasteiger partial charge on any atom is -0.477 e. The average Bonchev–Trinajstić information content (AvgIpc) is 3.17. The molecule has 0 saturated carbocycles. The topological polar surface area (TPSA) is 74.6 Å². The highest BCUT2D eigenvalue weighted by Crippen LogP contribution is 2.25. The standard InChI is InChI=1S/C17H19N3O3/c1-19-11-12(10-15(19)17(22)23)18-16(21)13-6-2-3-7-14(13)20-8-4-5-9-20/h2-3,6-7,10-11H,4-5,8-9H2,1H3,(H,18,21)(H,22,23). The summed E-state index contributed by atoms with van der Waals surface area (Å²) in [4.78, 5) is 25.9. The van der Waals surface area contributed by atoms with E-state index in [2.05, 4.69) is 10.2 Å². The Morgan fingerprint density at radius 1 is 1.17 bits per heavy atom. The van der Waals surface area contributed by atoms with Crippen LogP contribution in [0.3, 0.4) is 0 Å². The number of anilines is 2. The van der Waals surface area contributed by atoms with Gasteiger partial charge in [-0.1, -0.05) is 12.1 Å². The molecule has 1 saturated heterocycles. The minimum atomic E-state index is -1.02. The second-order valence-corrected chi connectivity index (χ2v) is 5.70. The summed E-state index contributed by atoms with van der Waals surface area (Å²) < 4.78 is 1.48. The zero-order chi connectivity index (χ0) is 16.4. The number of aryl methyl sites for hydroxylation is 1. The van der Waals surface area contributed by atoms with Crippen molar-refractivity contribution < 1.29 is 14.7 Å². The van der Waals surface area contributed by atoms with Crippen LogP contribution in [-0.2, 0) is 7.05 Å². The molecule has 0 spiro atoms. The van der Waals surface area contributed by atoms with Gasteiger partial charge in [-0.05, 0) is 31.0 Å². The van der Waals surface area contributed by atoms with E-state index in [1.54, 1.807) is 19.3 Å². The lowest BCUT2D eigenvalue weighted by Gasteiger charge is -2.20. The van der Waals surface area contributed by atoms with Crippen molar-refractivity contribution in [1.82, 2.24) is 4.57 Å². The summed E-state index contributed by atoms with van der Waals surface area (Å²) in [5.41, 5.74) is 2.14. The number of aromatic carboxylic acids is 1. The Morgan fingerprint density at radius 3 is 2.52 bits per heavy atom. The van der Waals surface area contributed by atoms with E-state index < -0.39 is 5.97 Å². The van der Waals surface area contributed by atoms with Gasteiger partial charge in [0.1, 0.15) is 5.69 Å². The van der Waals surface area contributed by atoms with Crippen LogP contribution in [-0.4, -0.2) is 34.6 Å². The number of aromatic nitrogens is 1. The molecule has 3 rings (SSSR count). The number of benzene rings is 1. The summed E-state index contributed by atoms with van der Waals surface area (Å²) >= 11 is 0. The Bertz CT molecular complexity index is 745. The van der Waals surface area contributed by atoms with Gasteiger partial charge < -0.3 is 19.9 Å². The van der Waals surface area contributed by atoms with Gasteiger partial charge in [-0.3, -0.25) is 4.79 Å². The molecular weight excluding hydrogens is 294 g/mol. The molecule has 0 aliphatic carbocycles. The molecule has 1 aromatic carbocycles. The third-order valence-electron chi connectivity index (χ3n) is 4.08. The summed E-state index contributed by atoms with van der Waals surface area (Å²) in [6, 6.07) is 8.97. The SMILES string of the molecule is Cn1cc(NC(=O)c2ccccc2N2CCCC2)cc1C(=O)O. The molecule has 120 valence electrons. The molecule has 23 heavy (non-hydrogen) atoms. The molecule has 6 nitrogen and oxygen atoms in total. The van der Waals surface area contributed by atoms with Gasteiger partial charge in [0.05, 0.1) is 11.3 Å². The largest absolute Gasteiger partial charge is 0.477 e. The average molecular weight is 313 g/mol. The van der Waals surface area contributed by atoms with Gasteiger partial charge >= 0.3 is 5.97 Å². The van der Waals surface area contributed by atoms with Gasteiger partial charge in [-0.25, -0.2) is 4.79 Å². The number of rotatable bonds is 4. The van der Waals surface area contributed by atoms with Crippen molar-refractivity contribution in [2.24, 2.45) is 7.05 Å². The highest BCUT2D eigenvalue weighted by molar-refractivity contribution is 6.08. The van der Waals surface area contributed by atoms with Crippen LogP contribution in [0.2, 0.25) is 0 Å². The predicted octanol–water partition coefficient (Wildman–Crippen LogP) is 2.58. The maximum atomic E-state index is 12.6. The van der Waals surface area contributed by atoms with Gasteiger partial charge in [-0.2, -0.15) is 0 Å². The Kier molecular flexibility index (Phi) is 4.06. The fraction of sp³-hybridized carbons (Fsp3) is 0.294. The number of carbonyl (C=O) groups is 2. The molecule has 1 aliphatic rings. The van der Waals surface area contributed by atoms with E-state index in [1.807, 2.05) is 18.2 Å². The lowest BCUT2D eigenvalue weighted by Crippen LogP contribution is -2.22. The Balaban J connectivity index is 1.84. The normalized spacial score (nSPS) is 14.0. The van der Waals surface area contributed by atoms with Crippen molar-refractivity contribution in [1.29, 1.82) is 0 Å². The van der Waals surface area contributed by atoms with Crippen LogP contribution in [0.5, 0.6) is 0 Å². The van der Waals surface area contributed by atoms with Gasteiger partial charge in [-0.15, -0.1) is 0 Å². The molecule has 1 aliphatic heterocycles. The molecule has 1 fully saturated rings. The van der Waals surface area contributed by atoms with E-state index in [0.717, 1.165) is 31.6 Å². The number of nitrogens with one attached hydrogen (secondary N) is 1. The minimum absolute atomic E-state index is 0.133. The van der Waals surface area contributed by atoms with Crippen molar-refractivity contribution in [3.05, 3.63) is 47.8 Å². The van der Waals surface area contributed by atoms with Crippen LogP contribution in [0.25, 0.3) is 0 Å². The second kappa shape index (κ2) is 6.16. The number of para-hydroxylation sites is 1. The van der Waals surface area contributed by atoms with Crippen LogP contribution in [0.1, 0.15) is 33.7 Å². The quantitative estimate of drug-likeness (QED) is 0.910. The number of amides is 1. The molecule has 2 aromatic rings. The summed E-state index contributed by atoms with van der Waals surface area (Å²) in [7, 11) is 1.64. The highest BCUT2D eigenvalue weighted by Gasteiger charge is 2.20. The molecule has 6 heteroatoms. The van der Waals surface area contributed by atoms with Gasteiger partial charge in [0.15, 0.2) is 0 Å². The van der Waals surface area contributed by atoms with Crippen LogP contribution in [0, 0.1) is 0 Å². The first-order chi connectivity index (χ1) is 11.1. The molecule has 2 N–H and O–H groups in total. The van der Waals surface area contributed by atoms with Crippen LogP contribution >= 0.6 is 0 Å². The van der Waals surface area contributed by atoms with Crippen molar-refractivity contribution in [3.63, 3.8) is 0 Å². The lowest BCUT2D eigenvalue weighted by atomic mass is 10.1. The first-order valence-electron chi connectivity index (χ1n) is 7.61. The van der Waals surface area contributed by atoms with E-state index >= 15 is 0 Å². The predicted molar refractivity (Wildman–Crippen MR) is 88.2 cm³/mol. The van der Waals surface area contributed by atoms with E-state index in [4.69, 9.17) is 5.11 Å². The lowest BCUT2D eigenvalue weighted by molar-refractivity contribution is 0.0686. The van der Waals surface area contributed by atoms with Crippen LogP contribution in [0.4, 0.5) is 11.4 Å². The maximum absolute atomic E-state index is 12.6. The van der Waals surface area contributed by atoms with E-state index in [0.29, 0.717) is 11.3 Å². The number of carboxylic acids is 1. The van der Waals surface area contributed by atoms with E-state index in [-0.39, 0.29) is 11.6 Å². The van der Waals surface area contributed by atoms with Crippen molar-refractivity contribution in [2.45, 2.75) is 12.8 Å². The monoisotopic (exact) mass is 313 g/mol. The van der Waals surface area contributed by atoms with Crippen LogP contribution in [0.15, 0.2) is 36.5 Å². The van der Waals surface area contributed by atoms with Gasteiger partial charge in [0, 0.05) is 32.0 Å². The molecule has 1 aromatic heterocycles. The molecule has 2 heterocycles. The number of hydrogen-bond acceptors (Lipinski definition) is 3. The first-order valence-corrected chi connectivity index (χ1v) is 7.61. The van der Waals surface area contributed by atoms with Gasteiger partial charge in [0.2, 0.25) is 0 Å². The van der Waals surface area contributed by atoms with E-state index in [9.17, 15) is 9.59 Å². The Morgan fingerprint density at radius 2 is 1.87 bits per heavy atom. The number of hydrogen-bond donors (Lipinski definition) is 2. The van der Waals surface area contributed by atoms with Crippen molar-refractivity contribution >= 4 is 23.3 Å². The fourth-order valence-electron chi connectivity index (χ4n) is 2.94. The molecule has 1 amide bonds. The highest BCUT2D eigenvalue weighted by atomic mass is 16.4. The second-order valence-electron chi connectivity index (χ2n) is 5.70. The molecule has 0 atom stereocenters. The molecule has 0 unspecified atom stereocenters. The Hall–Kier alpha value is -2.76. The maximum Gasteiger partial charge on any atom is 0.352 e. The van der Waals surface area contributed by atoms with Crippen LogP contribution < -0.4 is 10.2 Å². The summed E-state index contributed by atoms with van der Waals surface area (Å²) in [6.45, 7) is 1.91. The molecular formula is C17H19N3O3. The molecule has 0 radical (unpaired) electrons. The number of nitrogens with zero attached hydrogens (tertiary/aromatic N) is 2. The molecule has 0 bridgehead atoms. The third-order valence-corrected chi connectivity index (χ3v) is 4.08. The third kappa shape index (κ3) is 3.06. The van der Waals surface area contributed by atoms with Crippen molar-refractivity contribution in [2.75, 3.05) is 23.3 Å². The summed E-state index contributed by atoms with van der Waals surface area (Å²) in [5.74, 6) is -1.25. The number of carboxylic acid groups (broad SMARTS) is 1. The van der Waals surface area contributed by atoms with Crippen molar-refractivity contribution in [3.8, 4) is 0 Å². The fourth-order valence-corrected chi connectivity index (χ4v) is 2.94. The summed E-state index contributed by atoms with van der Waals surface area (Å²) in [5, 5.41) is 11.9. The van der Waals surface area contributed by atoms with Gasteiger partial charge in [0.25, 0.3) is 5.91 Å². The zero-order valence-corrected chi connectivity index (χ0v) is 13.0. The van der Waals surface area contributed by atoms with E-state index in [1.165, 1.54) is 10.6 Å². The number of carbonyl (C=O) groups excluding carboxylic acids is 1. The summed E-state index contributed by atoms with van der Waals surface area (Å²) in [6.07, 6.45) is 3.87.